The molecule has 6 nitrogen and oxygen atoms in total. The lowest BCUT2D eigenvalue weighted by Gasteiger charge is -2.18. The van der Waals surface area contributed by atoms with E-state index in [1.54, 1.807) is 0 Å². The van der Waals surface area contributed by atoms with Crippen LogP contribution in [0, 0.1) is 0 Å². The van der Waals surface area contributed by atoms with Gasteiger partial charge < -0.3 is 14.2 Å². The van der Waals surface area contributed by atoms with Crippen LogP contribution in [0.5, 0.6) is 0 Å². The van der Waals surface area contributed by atoms with Crippen LogP contribution < -0.4 is 0 Å². The molecule has 1 atom stereocenters. The summed E-state index contributed by atoms with van der Waals surface area (Å²) in [5.74, 6) is -1.08. The van der Waals surface area contributed by atoms with Crippen LogP contribution in [-0.2, 0) is 28.6 Å². The first-order valence-corrected chi connectivity index (χ1v) is 23.8. The molecule has 0 saturated carbocycles. The number of allylic oxidation sites excluding steroid dienone is 28. The van der Waals surface area contributed by atoms with Gasteiger partial charge in [0.25, 0.3) is 0 Å². The minimum absolute atomic E-state index is 0.137. The van der Waals surface area contributed by atoms with E-state index in [4.69, 9.17) is 14.2 Å². The number of esters is 3. The Morgan fingerprint density at radius 1 is 0.333 bits per heavy atom. The fourth-order valence-electron chi connectivity index (χ4n) is 5.52. The maximum atomic E-state index is 12.8. The number of ether oxygens (including phenoxy) is 3. The van der Waals surface area contributed by atoms with Gasteiger partial charge in [0.2, 0.25) is 0 Å². The molecule has 0 aromatic rings. The van der Waals surface area contributed by atoms with Gasteiger partial charge in [0.05, 0.1) is 0 Å². The van der Waals surface area contributed by atoms with Crippen LogP contribution in [0.2, 0.25) is 0 Å². The SMILES string of the molecule is CC\C=C/C=C\C=C/C=C\C=C\C=C/C=C\CCCCCC(=O)OCC(COC(=O)CCC/C=C\C/C=C\C/C=C\CC)OC(=O)CCCCCCC\C=C/C=C\C=C/C=C\CC. The molecule has 0 aromatic heterocycles. The Bertz CT molecular complexity index is 1550. The normalized spacial score (nSPS) is 13.6. The van der Waals surface area contributed by atoms with E-state index in [2.05, 4.69) is 87.6 Å². The summed E-state index contributed by atoms with van der Waals surface area (Å²) < 4.78 is 16.6. The first kappa shape index (κ1) is 57.8. The second kappa shape index (κ2) is 49.4. The molecule has 0 aromatic carbocycles. The molecule has 0 fully saturated rings. The quantitative estimate of drug-likeness (QED) is 0.0201. The molecule has 6 heteroatoms. The van der Waals surface area contributed by atoms with Gasteiger partial charge in [0.1, 0.15) is 13.2 Å². The van der Waals surface area contributed by atoms with Crippen molar-refractivity contribution >= 4 is 17.9 Å². The Morgan fingerprint density at radius 3 is 1.14 bits per heavy atom. The van der Waals surface area contributed by atoms with Crippen molar-refractivity contribution in [3.63, 3.8) is 0 Å². The van der Waals surface area contributed by atoms with Crippen LogP contribution in [0.15, 0.2) is 170 Å². The van der Waals surface area contributed by atoms with Gasteiger partial charge in [0.15, 0.2) is 6.10 Å². The molecular formula is C57H82O6. The van der Waals surface area contributed by atoms with Crippen molar-refractivity contribution in [3.8, 4) is 0 Å². The number of hydrogen-bond acceptors (Lipinski definition) is 6. The summed E-state index contributed by atoms with van der Waals surface area (Å²) >= 11 is 0. The van der Waals surface area contributed by atoms with Gasteiger partial charge in [-0.05, 0) is 83.5 Å². The monoisotopic (exact) mass is 863 g/mol. The molecular weight excluding hydrogens is 781 g/mol. The van der Waals surface area contributed by atoms with Gasteiger partial charge in [-0.2, -0.15) is 0 Å². The molecule has 0 radical (unpaired) electrons. The molecule has 0 heterocycles. The Hall–Kier alpha value is -5.23. The van der Waals surface area contributed by atoms with Crippen molar-refractivity contribution in [2.75, 3.05) is 13.2 Å². The summed E-state index contributed by atoms with van der Waals surface area (Å²) in [6, 6.07) is 0. The molecule has 0 bridgehead atoms. The van der Waals surface area contributed by atoms with Crippen molar-refractivity contribution in [1.29, 1.82) is 0 Å². The van der Waals surface area contributed by atoms with E-state index in [0.717, 1.165) is 96.3 Å². The van der Waals surface area contributed by atoms with Crippen molar-refractivity contribution in [3.05, 3.63) is 170 Å². The van der Waals surface area contributed by atoms with Crippen LogP contribution >= 0.6 is 0 Å². The smallest absolute Gasteiger partial charge is 0.306 e. The lowest BCUT2D eigenvalue weighted by molar-refractivity contribution is -0.167. The van der Waals surface area contributed by atoms with E-state index in [0.29, 0.717) is 12.8 Å². The summed E-state index contributed by atoms with van der Waals surface area (Å²) in [5, 5.41) is 0. The van der Waals surface area contributed by atoms with Crippen LogP contribution in [0.3, 0.4) is 0 Å². The zero-order chi connectivity index (χ0) is 45.8. The number of hydrogen-bond donors (Lipinski definition) is 0. The van der Waals surface area contributed by atoms with Gasteiger partial charge in [0, 0.05) is 19.3 Å². The third kappa shape index (κ3) is 47.7. The summed E-state index contributed by atoms with van der Waals surface area (Å²) in [6.45, 7) is 6.08. The summed E-state index contributed by atoms with van der Waals surface area (Å²) in [7, 11) is 0. The highest BCUT2D eigenvalue weighted by atomic mass is 16.6. The molecule has 0 amide bonds. The third-order valence-corrected chi connectivity index (χ3v) is 8.99. The molecule has 1 unspecified atom stereocenters. The third-order valence-electron chi connectivity index (χ3n) is 8.99. The van der Waals surface area contributed by atoms with Gasteiger partial charge in [-0.3, -0.25) is 14.4 Å². The fraction of sp³-hybridized carbons (Fsp3) is 0.456. The highest BCUT2D eigenvalue weighted by molar-refractivity contribution is 5.71. The second-order valence-corrected chi connectivity index (χ2v) is 14.8. The Kier molecular flexibility index (Phi) is 45.3. The molecule has 0 aliphatic rings. The van der Waals surface area contributed by atoms with E-state index in [1.807, 2.05) is 103 Å². The zero-order valence-corrected chi connectivity index (χ0v) is 39.2. The minimum atomic E-state index is -0.838. The molecule has 0 saturated heterocycles. The largest absolute Gasteiger partial charge is 0.462 e. The van der Waals surface area contributed by atoms with Crippen molar-refractivity contribution < 1.29 is 28.6 Å². The van der Waals surface area contributed by atoms with E-state index < -0.39 is 6.10 Å². The lowest BCUT2D eigenvalue weighted by Crippen LogP contribution is -2.30. The van der Waals surface area contributed by atoms with Gasteiger partial charge in [-0.1, -0.05) is 217 Å². The van der Waals surface area contributed by atoms with E-state index in [1.165, 1.54) is 0 Å². The molecule has 0 rings (SSSR count). The molecule has 0 aliphatic carbocycles. The summed E-state index contributed by atoms with van der Waals surface area (Å²) in [4.78, 5) is 37.8. The van der Waals surface area contributed by atoms with Crippen molar-refractivity contribution in [2.24, 2.45) is 0 Å². The summed E-state index contributed by atoms with van der Waals surface area (Å²) in [6.07, 6.45) is 73.4. The Morgan fingerprint density at radius 2 is 0.667 bits per heavy atom. The molecule has 0 spiro atoms. The van der Waals surface area contributed by atoms with E-state index >= 15 is 0 Å². The second-order valence-electron chi connectivity index (χ2n) is 14.8. The zero-order valence-electron chi connectivity index (χ0n) is 39.2. The molecule has 0 N–H and O–H groups in total. The van der Waals surface area contributed by atoms with Crippen molar-refractivity contribution in [2.45, 2.75) is 155 Å². The topological polar surface area (TPSA) is 78.9 Å². The standard InChI is InChI=1S/C57H82O6/c1-4-7-10-13-16-19-22-24-26-27-28-29-31-32-35-38-41-44-47-50-56(59)62-53-54(52-61-55(58)49-46-43-40-37-34-21-18-15-12-9-6-3)63-57(60)51-48-45-42-39-36-33-30-25-23-20-17-14-11-8-5-2/h7-14,16-32,35,37,40,54H,4-6,15,33-34,36,38-39,41-53H2,1-3H3/b10-7-,11-8-,12-9-,16-13-,17-14-,21-18-,22-19-,23-20-,26-24-,28-27+,30-25-,31-29-,35-32-,40-37-. The Labute approximate surface area is 383 Å². The first-order chi connectivity index (χ1) is 31.0. The molecule has 0 aliphatic heterocycles. The van der Waals surface area contributed by atoms with Crippen LogP contribution in [0.4, 0.5) is 0 Å². The number of carbonyl (C=O) groups excluding carboxylic acids is 3. The maximum Gasteiger partial charge on any atom is 0.306 e. The highest BCUT2D eigenvalue weighted by Gasteiger charge is 2.19. The first-order valence-electron chi connectivity index (χ1n) is 23.8. The number of rotatable bonds is 39. The predicted molar refractivity (Wildman–Crippen MR) is 269 cm³/mol. The van der Waals surface area contributed by atoms with Gasteiger partial charge >= 0.3 is 17.9 Å². The molecule has 63 heavy (non-hydrogen) atoms. The minimum Gasteiger partial charge on any atom is -0.462 e. The number of unbranched alkanes of at least 4 members (excludes halogenated alkanes) is 9. The van der Waals surface area contributed by atoms with Crippen LogP contribution in [0.25, 0.3) is 0 Å². The van der Waals surface area contributed by atoms with Crippen LogP contribution in [0.1, 0.15) is 149 Å². The highest BCUT2D eigenvalue weighted by Crippen LogP contribution is 2.11. The van der Waals surface area contributed by atoms with E-state index in [9.17, 15) is 14.4 Å². The fourth-order valence-corrected chi connectivity index (χ4v) is 5.52. The predicted octanol–water partition coefficient (Wildman–Crippen LogP) is 15.6. The van der Waals surface area contributed by atoms with Gasteiger partial charge in [-0.15, -0.1) is 0 Å². The van der Waals surface area contributed by atoms with Crippen molar-refractivity contribution in [1.82, 2.24) is 0 Å². The van der Waals surface area contributed by atoms with Gasteiger partial charge in [-0.25, -0.2) is 0 Å². The van der Waals surface area contributed by atoms with E-state index in [-0.39, 0.29) is 50.4 Å². The molecule has 346 valence electrons. The summed E-state index contributed by atoms with van der Waals surface area (Å²) in [5.41, 5.74) is 0. The van der Waals surface area contributed by atoms with Crippen LogP contribution in [-0.4, -0.2) is 37.2 Å². The lowest BCUT2D eigenvalue weighted by atomic mass is 10.1. The number of carbonyl (C=O) groups is 3. The Balaban J connectivity index is 4.62. The maximum absolute atomic E-state index is 12.8. The average molecular weight is 863 g/mol. The average Bonchev–Trinajstić information content (AvgIpc) is 3.28.